The van der Waals surface area contributed by atoms with Crippen molar-refractivity contribution >= 4 is 11.9 Å². The summed E-state index contributed by atoms with van der Waals surface area (Å²) in [4.78, 5) is 23.8. The summed E-state index contributed by atoms with van der Waals surface area (Å²) in [6.07, 6.45) is -1.11. The topological polar surface area (TPSA) is 77.8 Å². The number of carboxylic acids is 1. The number of carboxylic acid groups (broad SMARTS) is 1. The van der Waals surface area contributed by atoms with Crippen molar-refractivity contribution in [2.45, 2.75) is 18.6 Å². The van der Waals surface area contributed by atoms with Crippen LogP contribution >= 0.6 is 0 Å². The maximum Gasteiger partial charge on any atom is 0.326 e. The molecule has 1 aromatic rings. The number of aliphatic hydroxyl groups is 1. The van der Waals surface area contributed by atoms with Gasteiger partial charge in [-0.3, -0.25) is 4.79 Å². The fourth-order valence-electron chi connectivity index (χ4n) is 2.10. The molecule has 0 unspecified atom stereocenters. The first-order chi connectivity index (χ1) is 8.91. The van der Waals surface area contributed by atoms with Crippen LogP contribution in [0.15, 0.2) is 18.2 Å². The minimum atomic E-state index is -1.32. The first-order valence-electron chi connectivity index (χ1n) is 5.57. The van der Waals surface area contributed by atoms with Gasteiger partial charge >= 0.3 is 5.97 Å². The van der Waals surface area contributed by atoms with Crippen LogP contribution in [0, 0.1) is 11.6 Å². The number of halogens is 2. The predicted molar refractivity (Wildman–Crippen MR) is 59.4 cm³/mol. The Morgan fingerprint density at radius 1 is 1.32 bits per heavy atom. The van der Waals surface area contributed by atoms with E-state index in [-0.39, 0.29) is 13.0 Å². The van der Waals surface area contributed by atoms with E-state index in [0.29, 0.717) is 0 Å². The summed E-state index contributed by atoms with van der Waals surface area (Å²) >= 11 is 0. The van der Waals surface area contributed by atoms with Crippen molar-refractivity contribution in [2.24, 2.45) is 0 Å². The van der Waals surface area contributed by atoms with Crippen LogP contribution in [0.25, 0.3) is 0 Å². The highest BCUT2D eigenvalue weighted by molar-refractivity contribution is 5.97. The molecule has 102 valence electrons. The van der Waals surface area contributed by atoms with E-state index in [2.05, 4.69) is 0 Å². The number of aliphatic carboxylic acids is 1. The highest BCUT2D eigenvalue weighted by Gasteiger charge is 2.40. The predicted octanol–water partition coefficient (Wildman–Crippen LogP) is 0.625. The number of carbonyl (C=O) groups excluding carboxylic acids is 1. The molecule has 1 fully saturated rings. The number of hydrogen-bond donors (Lipinski definition) is 2. The first-order valence-corrected chi connectivity index (χ1v) is 5.57. The zero-order valence-corrected chi connectivity index (χ0v) is 9.72. The zero-order valence-electron chi connectivity index (χ0n) is 9.72. The lowest BCUT2D eigenvalue weighted by Crippen LogP contribution is -2.41. The minimum absolute atomic E-state index is 0.127. The van der Waals surface area contributed by atoms with E-state index in [9.17, 15) is 23.5 Å². The molecule has 0 aliphatic carbocycles. The van der Waals surface area contributed by atoms with Gasteiger partial charge in [0.2, 0.25) is 0 Å². The fraction of sp³-hybridized carbons (Fsp3) is 0.333. The normalized spacial score (nSPS) is 22.6. The Morgan fingerprint density at radius 2 is 2.00 bits per heavy atom. The van der Waals surface area contributed by atoms with Crippen molar-refractivity contribution in [1.29, 1.82) is 0 Å². The maximum absolute atomic E-state index is 13.5. The molecule has 1 heterocycles. The van der Waals surface area contributed by atoms with Gasteiger partial charge in [-0.2, -0.15) is 0 Å². The van der Waals surface area contributed by atoms with Gasteiger partial charge in [0, 0.05) is 13.0 Å². The molecule has 0 aromatic heterocycles. The molecule has 5 nitrogen and oxygen atoms in total. The highest BCUT2D eigenvalue weighted by Crippen LogP contribution is 2.22. The summed E-state index contributed by atoms with van der Waals surface area (Å²) in [6.45, 7) is -0.217. The van der Waals surface area contributed by atoms with Crippen molar-refractivity contribution in [3.8, 4) is 0 Å². The molecule has 19 heavy (non-hydrogen) atoms. The van der Waals surface area contributed by atoms with Crippen LogP contribution in [0.1, 0.15) is 16.8 Å². The Bertz CT molecular complexity index is 534. The van der Waals surface area contributed by atoms with E-state index in [1.165, 1.54) is 0 Å². The third-order valence-electron chi connectivity index (χ3n) is 3.01. The van der Waals surface area contributed by atoms with Crippen molar-refractivity contribution in [3.05, 3.63) is 35.4 Å². The molecular formula is C12H11F2NO4. The van der Waals surface area contributed by atoms with E-state index in [1.807, 2.05) is 0 Å². The van der Waals surface area contributed by atoms with E-state index in [0.717, 1.165) is 23.1 Å². The summed E-state index contributed by atoms with van der Waals surface area (Å²) in [7, 11) is 0. The largest absolute Gasteiger partial charge is 0.480 e. The lowest BCUT2D eigenvalue weighted by Gasteiger charge is -2.21. The van der Waals surface area contributed by atoms with Crippen LogP contribution in [-0.4, -0.2) is 45.7 Å². The van der Waals surface area contributed by atoms with Gasteiger partial charge < -0.3 is 15.1 Å². The summed E-state index contributed by atoms with van der Waals surface area (Å²) in [5, 5.41) is 18.4. The van der Waals surface area contributed by atoms with Gasteiger partial charge in [-0.25, -0.2) is 13.6 Å². The average Bonchev–Trinajstić information content (AvgIpc) is 2.74. The zero-order chi connectivity index (χ0) is 14.2. The fourth-order valence-corrected chi connectivity index (χ4v) is 2.10. The van der Waals surface area contributed by atoms with Crippen LogP contribution in [0.4, 0.5) is 8.78 Å². The Morgan fingerprint density at radius 3 is 2.63 bits per heavy atom. The summed E-state index contributed by atoms with van der Waals surface area (Å²) in [5.74, 6) is -4.74. The van der Waals surface area contributed by atoms with E-state index in [1.54, 1.807) is 0 Å². The lowest BCUT2D eigenvalue weighted by molar-refractivity contribution is -0.141. The summed E-state index contributed by atoms with van der Waals surface area (Å²) < 4.78 is 26.5. The second kappa shape index (κ2) is 4.93. The van der Waals surface area contributed by atoms with Gasteiger partial charge in [-0.1, -0.05) is 6.07 Å². The molecule has 2 rings (SSSR count). The molecule has 0 spiro atoms. The lowest BCUT2D eigenvalue weighted by atomic mass is 10.1. The monoisotopic (exact) mass is 271 g/mol. The number of aliphatic hydroxyl groups excluding tert-OH is 1. The molecule has 1 aliphatic heterocycles. The third kappa shape index (κ3) is 2.41. The van der Waals surface area contributed by atoms with Gasteiger partial charge in [0.25, 0.3) is 5.91 Å². The number of hydrogen-bond acceptors (Lipinski definition) is 3. The van der Waals surface area contributed by atoms with Crippen LogP contribution in [0.5, 0.6) is 0 Å². The van der Waals surface area contributed by atoms with Crippen molar-refractivity contribution < 1.29 is 28.6 Å². The summed E-state index contributed by atoms with van der Waals surface area (Å²) in [5.41, 5.74) is -0.541. The molecule has 1 amide bonds. The molecular weight excluding hydrogens is 260 g/mol. The maximum atomic E-state index is 13.5. The number of rotatable bonds is 2. The number of likely N-dealkylation sites (tertiary alicyclic amines) is 1. The second-order valence-corrected chi connectivity index (χ2v) is 4.30. The summed E-state index contributed by atoms with van der Waals surface area (Å²) in [6, 6.07) is 1.86. The molecule has 7 heteroatoms. The number of amides is 1. The standard InChI is InChI=1S/C12H11F2NO4/c13-8-3-1-2-7(10(8)14)11(17)15-5-6(16)4-9(15)12(18)19/h1-3,6,9,16H,4-5H2,(H,18,19)/t6-,9+/m1/s1. The Balaban J connectivity index is 2.33. The van der Waals surface area contributed by atoms with E-state index in [4.69, 9.17) is 5.11 Å². The van der Waals surface area contributed by atoms with Crippen LogP contribution in [0.2, 0.25) is 0 Å². The molecule has 0 radical (unpaired) electrons. The van der Waals surface area contributed by atoms with Crippen molar-refractivity contribution in [3.63, 3.8) is 0 Å². The smallest absolute Gasteiger partial charge is 0.326 e. The minimum Gasteiger partial charge on any atom is -0.480 e. The quantitative estimate of drug-likeness (QED) is 0.826. The van der Waals surface area contributed by atoms with Crippen molar-refractivity contribution in [1.82, 2.24) is 4.90 Å². The molecule has 0 saturated carbocycles. The Labute approximate surface area is 107 Å². The molecule has 2 atom stereocenters. The van der Waals surface area contributed by atoms with Gasteiger partial charge in [-0.05, 0) is 12.1 Å². The second-order valence-electron chi connectivity index (χ2n) is 4.30. The molecule has 2 N–H and O–H groups in total. The number of β-amino-alcohol motifs (C(OH)–C–C–N with tert-alkyl or cyclic N) is 1. The van der Waals surface area contributed by atoms with Gasteiger partial charge in [0.15, 0.2) is 11.6 Å². The third-order valence-corrected chi connectivity index (χ3v) is 3.01. The highest BCUT2D eigenvalue weighted by atomic mass is 19.2. The van der Waals surface area contributed by atoms with E-state index >= 15 is 0 Å². The van der Waals surface area contributed by atoms with Crippen LogP contribution in [-0.2, 0) is 4.79 Å². The Kier molecular flexibility index (Phi) is 3.48. The molecule has 1 aliphatic rings. The number of nitrogens with zero attached hydrogens (tertiary/aromatic N) is 1. The molecule has 1 aromatic carbocycles. The Hall–Kier alpha value is -2.02. The number of benzene rings is 1. The van der Waals surface area contributed by atoms with E-state index < -0.39 is 41.2 Å². The van der Waals surface area contributed by atoms with Gasteiger partial charge in [0.05, 0.1) is 11.7 Å². The van der Waals surface area contributed by atoms with Crippen molar-refractivity contribution in [2.75, 3.05) is 6.54 Å². The van der Waals surface area contributed by atoms with Crippen LogP contribution < -0.4 is 0 Å². The first kappa shape index (κ1) is 13.4. The molecule has 0 bridgehead atoms. The number of carbonyl (C=O) groups is 2. The molecule has 1 saturated heterocycles. The van der Waals surface area contributed by atoms with Gasteiger partial charge in [0.1, 0.15) is 6.04 Å². The van der Waals surface area contributed by atoms with Crippen LogP contribution in [0.3, 0.4) is 0 Å². The average molecular weight is 271 g/mol. The van der Waals surface area contributed by atoms with Gasteiger partial charge in [-0.15, -0.1) is 0 Å². The SMILES string of the molecule is O=C(O)[C@@H]1C[C@@H](O)CN1C(=O)c1cccc(F)c1F.